The number of fused-ring (bicyclic) bond motifs is 1. The molecule has 0 spiro atoms. The monoisotopic (exact) mass is 366 g/mol. The second-order valence-corrected chi connectivity index (χ2v) is 6.86. The predicted molar refractivity (Wildman–Crippen MR) is 101 cm³/mol. The van der Waals surface area contributed by atoms with Gasteiger partial charge in [0, 0.05) is 0 Å². The fraction of sp³-hybridized carbons (Fsp3) is 0.545. The van der Waals surface area contributed by atoms with Crippen molar-refractivity contribution >= 4 is 10.8 Å². The molecular formula is C22H29F3O. The van der Waals surface area contributed by atoms with Crippen molar-refractivity contribution in [3.05, 3.63) is 41.2 Å². The Balaban J connectivity index is 2.14. The lowest BCUT2D eigenvalue weighted by Crippen LogP contribution is -2.03. The fourth-order valence-electron chi connectivity index (χ4n) is 3.15. The molecule has 2 aromatic rings. The molecule has 0 aliphatic carbocycles. The SMILES string of the molecule is CCCCCCCOc1cc2ccc(CCCCC)c(F)c2c(F)c1F. The van der Waals surface area contributed by atoms with Crippen LogP contribution in [-0.2, 0) is 6.42 Å². The van der Waals surface area contributed by atoms with E-state index in [9.17, 15) is 13.2 Å². The number of unbranched alkanes of at least 4 members (excludes halogenated alkanes) is 6. The van der Waals surface area contributed by atoms with E-state index in [-0.39, 0.29) is 11.1 Å². The van der Waals surface area contributed by atoms with Gasteiger partial charge in [0.1, 0.15) is 5.82 Å². The lowest BCUT2D eigenvalue weighted by molar-refractivity contribution is 0.286. The van der Waals surface area contributed by atoms with Crippen LogP contribution in [0.5, 0.6) is 5.75 Å². The number of benzene rings is 2. The number of rotatable bonds is 11. The summed E-state index contributed by atoms with van der Waals surface area (Å²) in [4.78, 5) is 0. The van der Waals surface area contributed by atoms with Crippen LogP contribution in [0, 0.1) is 17.5 Å². The average Bonchev–Trinajstić information content (AvgIpc) is 2.63. The van der Waals surface area contributed by atoms with Crippen LogP contribution in [0.25, 0.3) is 10.8 Å². The number of hydrogen-bond donors (Lipinski definition) is 0. The van der Waals surface area contributed by atoms with Gasteiger partial charge in [0.2, 0.25) is 5.82 Å². The van der Waals surface area contributed by atoms with Crippen molar-refractivity contribution in [3.63, 3.8) is 0 Å². The molecule has 4 heteroatoms. The van der Waals surface area contributed by atoms with Crippen LogP contribution < -0.4 is 4.74 Å². The third kappa shape index (κ3) is 5.15. The third-order valence-electron chi connectivity index (χ3n) is 4.72. The van der Waals surface area contributed by atoms with Crippen molar-refractivity contribution in [2.75, 3.05) is 6.61 Å². The molecule has 2 aromatic carbocycles. The highest BCUT2D eigenvalue weighted by Gasteiger charge is 2.19. The van der Waals surface area contributed by atoms with Crippen LogP contribution in [-0.4, -0.2) is 6.61 Å². The van der Waals surface area contributed by atoms with Crippen LogP contribution in [0.2, 0.25) is 0 Å². The van der Waals surface area contributed by atoms with Crippen molar-refractivity contribution in [1.29, 1.82) is 0 Å². The van der Waals surface area contributed by atoms with Crippen LogP contribution in [0.1, 0.15) is 70.8 Å². The summed E-state index contributed by atoms with van der Waals surface area (Å²) in [5, 5.41) is 0.0634. The normalized spacial score (nSPS) is 11.3. The minimum Gasteiger partial charge on any atom is -0.490 e. The summed E-state index contributed by atoms with van der Waals surface area (Å²) in [6.07, 6.45) is 8.60. The number of ether oxygens (including phenoxy) is 1. The molecule has 0 heterocycles. The maximum Gasteiger partial charge on any atom is 0.201 e. The standard InChI is InChI=1S/C22H29F3O/c1-3-5-7-8-10-14-26-18-15-17-13-12-16(11-9-6-4-2)20(23)19(17)22(25)21(18)24/h12-13,15H,3-11,14H2,1-2H3. The van der Waals surface area contributed by atoms with Gasteiger partial charge in [-0.2, -0.15) is 4.39 Å². The molecule has 0 atom stereocenters. The highest BCUT2D eigenvalue weighted by atomic mass is 19.2. The largest absolute Gasteiger partial charge is 0.490 e. The van der Waals surface area contributed by atoms with E-state index in [1.54, 1.807) is 12.1 Å². The molecule has 0 fully saturated rings. The van der Waals surface area contributed by atoms with Gasteiger partial charge in [-0.1, -0.05) is 64.5 Å². The van der Waals surface area contributed by atoms with Gasteiger partial charge in [0.25, 0.3) is 0 Å². The molecule has 0 unspecified atom stereocenters. The van der Waals surface area contributed by atoms with Crippen molar-refractivity contribution in [2.45, 2.75) is 71.6 Å². The Hall–Kier alpha value is -1.71. The Morgan fingerprint density at radius 1 is 0.769 bits per heavy atom. The van der Waals surface area contributed by atoms with Gasteiger partial charge in [-0.05, 0) is 36.3 Å². The molecule has 0 saturated carbocycles. The van der Waals surface area contributed by atoms with Gasteiger partial charge in [-0.25, -0.2) is 8.78 Å². The van der Waals surface area contributed by atoms with Gasteiger partial charge in [-0.15, -0.1) is 0 Å². The van der Waals surface area contributed by atoms with Gasteiger partial charge in [-0.3, -0.25) is 0 Å². The summed E-state index contributed by atoms with van der Waals surface area (Å²) < 4.78 is 48.8. The highest BCUT2D eigenvalue weighted by molar-refractivity contribution is 5.86. The molecular weight excluding hydrogens is 337 g/mol. The Morgan fingerprint density at radius 3 is 2.19 bits per heavy atom. The van der Waals surface area contributed by atoms with Crippen molar-refractivity contribution in [3.8, 4) is 5.75 Å². The van der Waals surface area contributed by atoms with Crippen molar-refractivity contribution < 1.29 is 17.9 Å². The maximum atomic E-state index is 14.6. The first-order valence-corrected chi connectivity index (χ1v) is 9.82. The summed E-state index contributed by atoms with van der Waals surface area (Å²) in [5.74, 6) is -3.04. The molecule has 26 heavy (non-hydrogen) atoms. The first kappa shape index (κ1) is 20.6. The Labute approximate surface area is 154 Å². The molecule has 0 aliphatic heterocycles. The zero-order chi connectivity index (χ0) is 18.9. The van der Waals surface area contributed by atoms with E-state index < -0.39 is 17.5 Å². The Morgan fingerprint density at radius 2 is 1.46 bits per heavy atom. The van der Waals surface area contributed by atoms with E-state index in [1.807, 2.05) is 0 Å². The van der Waals surface area contributed by atoms with E-state index >= 15 is 0 Å². The zero-order valence-electron chi connectivity index (χ0n) is 15.8. The molecule has 0 saturated heterocycles. The molecule has 0 amide bonds. The fourth-order valence-corrected chi connectivity index (χ4v) is 3.15. The molecule has 0 radical (unpaired) electrons. The Kier molecular flexibility index (Phi) is 8.27. The van der Waals surface area contributed by atoms with E-state index in [4.69, 9.17) is 4.74 Å². The average molecular weight is 366 g/mol. The van der Waals surface area contributed by atoms with E-state index in [0.29, 0.717) is 24.0 Å². The minimum absolute atomic E-state index is 0.136. The minimum atomic E-state index is -1.15. The molecule has 144 valence electrons. The second-order valence-electron chi connectivity index (χ2n) is 6.86. The van der Waals surface area contributed by atoms with Crippen molar-refractivity contribution in [1.82, 2.24) is 0 Å². The summed E-state index contributed by atoms with van der Waals surface area (Å²) in [6.45, 7) is 4.54. The Bertz CT molecular complexity index is 712. The van der Waals surface area contributed by atoms with Crippen molar-refractivity contribution in [2.24, 2.45) is 0 Å². The third-order valence-corrected chi connectivity index (χ3v) is 4.72. The first-order valence-electron chi connectivity index (χ1n) is 9.82. The molecule has 0 aromatic heterocycles. The molecule has 0 aliphatic rings. The van der Waals surface area contributed by atoms with Crippen LogP contribution >= 0.6 is 0 Å². The number of hydrogen-bond acceptors (Lipinski definition) is 1. The van der Waals surface area contributed by atoms with Gasteiger partial charge < -0.3 is 4.74 Å². The van der Waals surface area contributed by atoms with E-state index in [1.165, 1.54) is 12.5 Å². The number of halogens is 3. The molecule has 0 bridgehead atoms. The lowest BCUT2D eigenvalue weighted by atomic mass is 10.0. The van der Waals surface area contributed by atoms with Gasteiger partial charge in [0.05, 0.1) is 12.0 Å². The molecule has 1 nitrogen and oxygen atoms in total. The van der Waals surface area contributed by atoms with Gasteiger partial charge in [0.15, 0.2) is 11.6 Å². The summed E-state index contributed by atoms with van der Waals surface area (Å²) in [7, 11) is 0. The zero-order valence-corrected chi connectivity index (χ0v) is 15.8. The summed E-state index contributed by atoms with van der Waals surface area (Å²) in [5.41, 5.74) is 0.439. The smallest absolute Gasteiger partial charge is 0.201 e. The van der Waals surface area contributed by atoms with Gasteiger partial charge >= 0.3 is 0 Å². The predicted octanol–water partition coefficient (Wildman–Crippen LogP) is 7.34. The second kappa shape index (κ2) is 10.4. The van der Waals surface area contributed by atoms with E-state index in [2.05, 4.69) is 13.8 Å². The first-order chi connectivity index (χ1) is 12.6. The summed E-state index contributed by atoms with van der Waals surface area (Å²) in [6, 6.07) is 4.72. The quantitative estimate of drug-likeness (QED) is 0.378. The maximum absolute atomic E-state index is 14.6. The summed E-state index contributed by atoms with van der Waals surface area (Å²) >= 11 is 0. The van der Waals surface area contributed by atoms with Crippen LogP contribution in [0.4, 0.5) is 13.2 Å². The molecule has 0 N–H and O–H groups in total. The molecule has 2 rings (SSSR count). The topological polar surface area (TPSA) is 9.23 Å². The highest BCUT2D eigenvalue weighted by Crippen LogP contribution is 2.32. The van der Waals surface area contributed by atoms with Crippen LogP contribution in [0.15, 0.2) is 18.2 Å². The lowest BCUT2D eigenvalue weighted by Gasteiger charge is -2.12. The number of aryl methyl sites for hydroxylation is 1. The van der Waals surface area contributed by atoms with Crippen LogP contribution in [0.3, 0.4) is 0 Å². The van der Waals surface area contributed by atoms with E-state index in [0.717, 1.165) is 44.9 Å².